The number of thiophene rings is 1. The molecule has 9 nitrogen and oxygen atoms in total. The zero-order valence-electron chi connectivity index (χ0n) is 18.8. The average molecular weight is 489 g/mol. The maximum absolute atomic E-state index is 13.0. The Morgan fingerprint density at radius 1 is 1.14 bits per heavy atom. The second-order valence-electron chi connectivity index (χ2n) is 7.89. The van der Waals surface area contributed by atoms with Crippen molar-refractivity contribution in [3.05, 3.63) is 82.7 Å². The highest BCUT2D eigenvalue weighted by Crippen LogP contribution is 2.29. The molecule has 1 fully saturated rings. The van der Waals surface area contributed by atoms with Gasteiger partial charge in [0, 0.05) is 24.2 Å². The molecule has 4 N–H and O–H groups in total. The summed E-state index contributed by atoms with van der Waals surface area (Å²) in [5.41, 5.74) is 9.54. The molecule has 0 spiro atoms. The van der Waals surface area contributed by atoms with Gasteiger partial charge in [-0.15, -0.1) is 11.3 Å². The SMILES string of the molecule is N=C(O/C(N)=N/C1N=C(c2ccccc2)c2ccccc2NC1=O)c1ccsc1N1CCOCC1. The van der Waals surface area contributed by atoms with Crippen molar-refractivity contribution >= 4 is 45.6 Å². The molecule has 1 aromatic heterocycles. The van der Waals surface area contributed by atoms with Crippen molar-refractivity contribution in [2.45, 2.75) is 6.17 Å². The zero-order chi connectivity index (χ0) is 24.2. The van der Waals surface area contributed by atoms with E-state index in [2.05, 4.69) is 20.2 Å². The number of ether oxygens (including phenoxy) is 2. The fourth-order valence-electron chi connectivity index (χ4n) is 3.95. The van der Waals surface area contributed by atoms with Gasteiger partial charge in [-0.05, 0) is 17.5 Å². The van der Waals surface area contributed by atoms with E-state index in [-0.39, 0.29) is 11.9 Å². The number of carbonyl (C=O) groups excluding carboxylic acids is 1. The average Bonchev–Trinajstić information content (AvgIpc) is 3.33. The molecule has 1 amide bonds. The van der Waals surface area contributed by atoms with Crippen LogP contribution in [0.2, 0.25) is 0 Å². The van der Waals surface area contributed by atoms with Crippen LogP contribution in [-0.2, 0) is 14.3 Å². The van der Waals surface area contributed by atoms with Gasteiger partial charge in [0.15, 0.2) is 0 Å². The number of benzodiazepines with no additional fused rings is 1. The van der Waals surface area contributed by atoms with Crippen LogP contribution in [0.5, 0.6) is 0 Å². The molecule has 1 saturated heterocycles. The lowest BCUT2D eigenvalue weighted by molar-refractivity contribution is -0.117. The van der Waals surface area contributed by atoms with Crippen LogP contribution < -0.4 is 16.0 Å². The zero-order valence-corrected chi connectivity index (χ0v) is 19.6. The highest BCUT2D eigenvalue weighted by molar-refractivity contribution is 7.14. The van der Waals surface area contributed by atoms with Crippen molar-refractivity contribution in [2.24, 2.45) is 15.7 Å². The number of benzene rings is 2. The second-order valence-corrected chi connectivity index (χ2v) is 8.78. The molecule has 0 aliphatic carbocycles. The maximum atomic E-state index is 13.0. The van der Waals surface area contributed by atoms with Crippen LogP contribution in [0.4, 0.5) is 10.7 Å². The molecule has 3 heterocycles. The molecule has 178 valence electrons. The van der Waals surface area contributed by atoms with Crippen molar-refractivity contribution in [3.8, 4) is 0 Å². The molecule has 0 saturated carbocycles. The van der Waals surface area contributed by atoms with Crippen LogP contribution in [0.1, 0.15) is 16.7 Å². The summed E-state index contributed by atoms with van der Waals surface area (Å²) >= 11 is 1.52. The number of amidine groups is 1. The lowest BCUT2D eigenvalue weighted by Gasteiger charge is -2.28. The third kappa shape index (κ3) is 4.93. The van der Waals surface area contributed by atoms with Crippen LogP contribution in [0.3, 0.4) is 0 Å². The Morgan fingerprint density at radius 2 is 1.89 bits per heavy atom. The number of morpholine rings is 1. The molecule has 1 atom stereocenters. The van der Waals surface area contributed by atoms with Crippen LogP contribution in [-0.4, -0.2) is 56.0 Å². The Morgan fingerprint density at radius 3 is 2.69 bits per heavy atom. The fraction of sp³-hybridized carbons (Fsp3) is 0.200. The standard InChI is InChI=1S/C25H24N6O3S/c26-21(18-10-15-35-24(18)31-11-13-33-14-12-31)34-25(27)30-22-23(32)28-19-9-5-4-8-17(19)20(29-22)16-6-2-1-3-7-16/h1-10,15,22,26H,11-14H2,(H2,27,30)(H,28,32). The predicted octanol–water partition coefficient (Wildman–Crippen LogP) is 3.06. The lowest BCUT2D eigenvalue weighted by Crippen LogP contribution is -2.36. The number of nitrogens with one attached hydrogen (secondary N) is 2. The molecule has 1 unspecified atom stereocenters. The predicted molar refractivity (Wildman–Crippen MR) is 138 cm³/mol. The summed E-state index contributed by atoms with van der Waals surface area (Å²) in [6.45, 7) is 2.75. The van der Waals surface area contributed by atoms with Gasteiger partial charge in [0.2, 0.25) is 12.1 Å². The van der Waals surface area contributed by atoms with E-state index in [4.69, 9.17) is 20.6 Å². The largest absolute Gasteiger partial charge is 0.407 e. The summed E-state index contributed by atoms with van der Waals surface area (Å²) in [7, 11) is 0. The van der Waals surface area contributed by atoms with Gasteiger partial charge in [0.05, 0.1) is 30.2 Å². The highest BCUT2D eigenvalue weighted by atomic mass is 32.1. The van der Waals surface area contributed by atoms with Gasteiger partial charge in [0.1, 0.15) is 5.00 Å². The monoisotopic (exact) mass is 488 g/mol. The van der Waals surface area contributed by atoms with Crippen molar-refractivity contribution < 1.29 is 14.3 Å². The molecule has 2 aliphatic rings. The molecular weight excluding hydrogens is 464 g/mol. The summed E-state index contributed by atoms with van der Waals surface area (Å²) in [6.07, 6.45) is -1.17. The van der Waals surface area contributed by atoms with Gasteiger partial charge >= 0.3 is 0 Å². The van der Waals surface area contributed by atoms with Crippen LogP contribution in [0, 0.1) is 5.41 Å². The third-order valence-electron chi connectivity index (χ3n) is 5.62. The van der Waals surface area contributed by atoms with E-state index in [0.717, 1.165) is 29.2 Å². The normalized spacial score (nSPS) is 18.2. The minimum atomic E-state index is -1.17. The topological polar surface area (TPSA) is 125 Å². The van der Waals surface area contributed by atoms with Crippen LogP contribution in [0.15, 0.2) is 76.0 Å². The number of anilines is 2. The number of nitrogens with zero attached hydrogens (tertiary/aromatic N) is 3. The van der Waals surface area contributed by atoms with Crippen molar-refractivity contribution in [3.63, 3.8) is 0 Å². The third-order valence-corrected chi connectivity index (χ3v) is 6.59. The Hall–Kier alpha value is -4.02. The Labute approximate surface area is 206 Å². The lowest BCUT2D eigenvalue weighted by atomic mass is 10.0. The quantitative estimate of drug-likeness (QED) is 0.384. The number of hydrogen-bond donors (Lipinski definition) is 3. The minimum Gasteiger partial charge on any atom is -0.407 e. The first-order valence-corrected chi connectivity index (χ1v) is 12.0. The number of aliphatic imine (C=N–C) groups is 2. The summed E-state index contributed by atoms with van der Waals surface area (Å²) in [5.74, 6) is -0.579. The summed E-state index contributed by atoms with van der Waals surface area (Å²) < 4.78 is 11.0. The molecule has 0 bridgehead atoms. The summed E-state index contributed by atoms with van der Waals surface area (Å²) in [6, 6.07) is 18.5. The van der Waals surface area contributed by atoms with E-state index in [1.54, 1.807) is 0 Å². The van der Waals surface area contributed by atoms with Gasteiger partial charge in [-0.25, -0.2) is 4.99 Å². The van der Waals surface area contributed by atoms with Gasteiger partial charge in [-0.3, -0.25) is 10.2 Å². The minimum absolute atomic E-state index is 0.140. The van der Waals surface area contributed by atoms with Crippen molar-refractivity contribution in [2.75, 3.05) is 36.5 Å². The van der Waals surface area contributed by atoms with E-state index >= 15 is 0 Å². The molecular formula is C25H24N6O3S. The van der Waals surface area contributed by atoms with Crippen molar-refractivity contribution in [1.82, 2.24) is 0 Å². The molecule has 0 radical (unpaired) electrons. The first-order chi connectivity index (χ1) is 17.1. The van der Waals surface area contributed by atoms with E-state index in [0.29, 0.717) is 30.2 Å². The molecule has 10 heteroatoms. The molecule has 5 rings (SSSR count). The van der Waals surface area contributed by atoms with Crippen LogP contribution >= 0.6 is 11.3 Å². The van der Waals surface area contributed by atoms with Gasteiger partial charge in [-0.2, -0.15) is 4.99 Å². The first kappa shape index (κ1) is 22.8. The molecule has 2 aromatic carbocycles. The first-order valence-electron chi connectivity index (χ1n) is 11.1. The van der Waals surface area contributed by atoms with Gasteiger partial charge in [-0.1, -0.05) is 48.5 Å². The number of fused-ring (bicyclic) bond motifs is 1. The Balaban J connectivity index is 1.41. The maximum Gasteiger partial charge on any atom is 0.291 e. The number of carbonyl (C=O) groups is 1. The number of amides is 1. The van der Waals surface area contributed by atoms with Gasteiger partial charge in [0.25, 0.3) is 11.9 Å². The van der Waals surface area contributed by atoms with Gasteiger partial charge < -0.3 is 25.4 Å². The smallest absolute Gasteiger partial charge is 0.291 e. The molecule has 3 aromatic rings. The van der Waals surface area contributed by atoms with E-state index in [1.807, 2.05) is 66.0 Å². The van der Waals surface area contributed by atoms with Crippen LogP contribution in [0.25, 0.3) is 0 Å². The highest BCUT2D eigenvalue weighted by Gasteiger charge is 2.26. The van der Waals surface area contributed by atoms with E-state index in [9.17, 15) is 4.79 Å². The fourth-order valence-corrected chi connectivity index (χ4v) is 4.90. The van der Waals surface area contributed by atoms with E-state index in [1.165, 1.54) is 11.3 Å². The second kappa shape index (κ2) is 10.1. The Bertz CT molecular complexity index is 1300. The number of nitrogens with two attached hydrogens (primary N) is 1. The number of para-hydroxylation sites is 1. The number of rotatable bonds is 4. The number of hydrogen-bond acceptors (Lipinski definition) is 8. The van der Waals surface area contributed by atoms with Crippen molar-refractivity contribution in [1.29, 1.82) is 5.41 Å². The Kier molecular flexibility index (Phi) is 6.55. The summed E-state index contributed by atoms with van der Waals surface area (Å²) in [5, 5.41) is 14.1. The molecule has 35 heavy (non-hydrogen) atoms. The van der Waals surface area contributed by atoms with E-state index < -0.39 is 12.1 Å². The molecule has 2 aliphatic heterocycles. The summed E-state index contributed by atoms with van der Waals surface area (Å²) in [4.78, 5) is 24.0.